The minimum Gasteiger partial charge on any atom is -0.353 e. The maximum Gasteiger partial charge on any atom is 0.227 e. The molecule has 0 bridgehead atoms. The summed E-state index contributed by atoms with van der Waals surface area (Å²) in [6.07, 6.45) is 2.23. The molecule has 1 heterocycles. The van der Waals surface area contributed by atoms with Crippen LogP contribution < -0.4 is 5.32 Å². The van der Waals surface area contributed by atoms with E-state index in [1.54, 1.807) is 0 Å². The molecule has 34 heavy (non-hydrogen) atoms. The van der Waals surface area contributed by atoms with Crippen LogP contribution in [0.3, 0.4) is 0 Å². The Kier molecular flexibility index (Phi) is 6.59. The van der Waals surface area contributed by atoms with Gasteiger partial charge in [0.2, 0.25) is 5.91 Å². The van der Waals surface area contributed by atoms with Gasteiger partial charge in [0.05, 0.1) is 5.92 Å². The summed E-state index contributed by atoms with van der Waals surface area (Å²) in [5.74, 6) is 0.918. The van der Waals surface area contributed by atoms with Gasteiger partial charge in [-0.25, -0.2) is 0 Å². The van der Waals surface area contributed by atoms with Crippen LogP contribution in [0.2, 0.25) is 0 Å². The van der Waals surface area contributed by atoms with Gasteiger partial charge in [-0.3, -0.25) is 14.5 Å². The van der Waals surface area contributed by atoms with Gasteiger partial charge in [0.25, 0.3) is 0 Å². The van der Waals surface area contributed by atoms with Crippen LogP contribution in [0, 0.1) is 11.8 Å². The maximum absolute atomic E-state index is 13.2. The van der Waals surface area contributed by atoms with E-state index in [0.717, 1.165) is 31.6 Å². The van der Waals surface area contributed by atoms with Crippen LogP contribution >= 0.6 is 0 Å². The zero-order chi connectivity index (χ0) is 23.5. The van der Waals surface area contributed by atoms with E-state index in [1.807, 2.05) is 61.5 Å². The minimum atomic E-state index is -0.301. The zero-order valence-electron chi connectivity index (χ0n) is 19.7. The van der Waals surface area contributed by atoms with Gasteiger partial charge >= 0.3 is 0 Å². The molecule has 3 aromatic rings. The summed E-state index contributed by atoms with van der Waals surface area (Å²) in [5.41, 5.74) is 3.51. The average Bonchev–Trinajstić information content (AvgIpc) is 3.45. The van der Waals surface area contributed by atoms with Gasteiger partial charge in [-0.05, 0) is 48.8 Å². The molecule has 3 aromatic carbocycles. The van der Waals surface area contributed by atoms with Crippen molar-refractivity contribution in [1.29, 1.82) is 0 Å². The van der Waals surface area contributed by atoms with Crippen molar-refractivity contribution in [1.82, 2.24) is 10.2 Å². The Labute approximate surface area is 202 Å². The van der Waals surface area contributed by atoms with Crippen molar-refractivity contribution in [3.8, 4) is 0 Å². The molecule has 0 aromatic heterocycles. The molecule has 4 heteroatoms. The normalized spacial score (nSPS) is 22.8. The number of fused-ring (bicyclic) bond motifs is 1. The van der Waals surface area contributed by atoms with Gasteiger partial charge < -0.3 is 5.32 Å². The predicted molar refractivity (Wildman–Crippen MR) is 135 cm³/mol. The Bertz CT molecular complexity index is 1140. The Hall–Kier alpha value is -3.24. The highest BCUT2D eigenvalue weighted by Gasteiger charge is 2.43. The minimum absolute atomic E-state index is 0.0156. The smallest absolute Gasteiger partial charge is 0.227 e. The van der Waals surface area contributed by atoms with Crippen LogP contribution in [0.5, 0.6) is 0 Å². The van der Waals surface area contributed by atoms with E-state index >= 15 is 0 Å². The third kappa shape index (κ3) is 4.83. The molecule has 1 saturated heterocycles. The van der Waals surface area contributed by atoms with Crippen LogP contribution in [0.15, 0.2) is 84.9 Å². The van der Waals surface area contributed by atoms with Gasteiger partial charge in [-0.15, -0.1) is 0 Å². The largest absolute Gasteiger partial charge is 0.353 e. The van der Waals surface area contributed by atoms with Gasteiger partial charge in [0.1, 0.15) is 0 Å². The third-order valence-corrected chi connectivity index (χ3v) is 7.59. The summed E-state index contributed by atoms with van der Waals surface area (Å²) in [6, 6.07) is 27.6. The SMILES string of the molecule is C[C@H](C(=O)N[C@H]1CC[C@@H]2CN(Cc3ccccc3)C[C@H]21)c1cccc(C(=O)c2ccccc2)c1. The molecule has 4 atom stereocenters. The number of benzene rings is 3. The van der Waals surface area contributed by atoms with E-state index in [4.69, 9.17) is 0 Å². The van der Waals surface area contributed by atoms with Gasteiger partial charge in [-0.2, -0.15) is 0 Å². The molecule has 2 fully saturated rings. The van der Waals surface area contributed by atoms with Crippen LogP contribution in [0.25, 0.3) is 0 Å². The number of carbonyl (C=O) groups excluding carboxylic acids is 2. The number of nitrogens with one attached hydrogen (secondary N) is 1. The second kappa shape index (κ2) is 9.94. The van der Waals surface area contributed by atoms with E-state index in [2.05, 4.69) is 40.5 Å². The number of rotatable bonds is 7. The maximum atomic E-state index is 13.2. The first kappa shape index (κ1) is 22.5. The van der Waals surface area contributed by atoms with Gasteiger partial charge in [-0.1, -0.05) is 78.9 Å². The van der Waals surface area contributed by atoms with E-state index in [1.165, 1.54) is 12.0 Å². The number of amides is 1. The van der Waals surface area contributed by atoms with E-state index in [0.29, 0.717) is 23.0 Å². The third-order valence-electron chi connectivity index (χ3n) is 7.59. The van der Waals surface area contributed by atoms with E-state index < -0.39 is 0 Å². The van der Waals surface area contributed by atoms with Crippen molar-refractivity contribution in [2.24, 2.45) is 11.8 Å². The Morgan fingerprint density at radius 1 is 0.882 bits per heavy atom. The lowest BCUT2D eigenvalue weighted by Crippen LogP contribution is -2.41. The lowest BCUT2D eigenvalue weighted by Gasteiger charge is -2.24. The lowest BCUT2D eigenvalue weighted by atomic mass is 9.94. The first-order valence-electron chi connectivity index (χ1n) is 12.3. The summed E-state index contributed by atoms with van der Waals surface area (Å²) in [4.78, 5) is 28.6. The lowest BCUT2D eigenvalue weighted by molar-refractivity contribution is -0.123. The number of ketones is 1. The standard InChI is InChI=1S/C30H32N2O2/c1-21(24-13-8-14-25(17-24)29(33)23-11-6-3-7-12-23)30(34)31-28-16-15-26-19-32(20-27(26)28)18-22-9-4-2-5-10-22/h2-14,17,21,26-28H,15-16,18-20H2,1H3,(H,31,34)/t21-,26+,27+,28-/m0/s1. The number of carbonyl (C=O) groups is 2. The molecule has 0 unspecified atom stereocenters. The summed E-state index contributed by atoms with van der Waals surface area (Å²) in [6.45, 7) is 5.07. The molecule has 1 aliphatic heterocycles. The number of likely N-dealkylation sites (tertiary alicyclic amines) is 1. The van der Waals surface area contributed by atoms with Crippen molar-refractivity contribution in [3.63, 3.8) is 0 Å². The molecular weight excluding hydrogens is 420 g/mol. The summed E-state index contributed by atoms with van der Waals surface area (Å²) in [7, 11) is 0. The number of hydrogen-bond acceptors (Lipinski definition) is 3. The van der Waals surface area contributed by atoms with Crippen molar-refractivity contribution >= 4 is 11.7 Å². The molecular formula is C30H32N2O2. The molecule has 5 rings (SSSR count). The van der Waals surface area contributed by atoms with E-state index in [9.17, 15) is 9.59 Å². The van der Waals surface area contributed by atoms with Crippen LogP contribution in [-0.2, 0) is 11.3 Å². The molecule has 2 aliphatic rings. The number of hydrogen-bond donors (Lipinski definition) is 1. The fourth-order valence-electron chi connectivity index (χ4n) is 5.67. The summed E-state index contributed by atoms with van der Waals surface area (Å²) < 4.78 is 0. The predicted octanol–water partition coefficient (Wildman–Crippen LogP) is 5.05. The van der Waals surface area contributed by atoms with Crippen molar-refractivity contribution in [2.45, 2.75) is 38.3 Å². The Balaban J connectivity index is 1.21. The molecule has 4 nitrogen and oxygen atoms in total. The fraction of sp³-hybridized carbons (Fsp3) is 0.333. The molecule has 1 saturated carbocycles. The van der Waals surface area contributed by atoms with Crippen molar-refractivity contribution in [3.05, 3.63) is 107 Å². The highest BCUT2D eigenvalue weighted by atomic mass is 16.2. The second-order valence-electron chi connectivity index (χ2n) is 9.84. The monoisotopic (exact) mass is 452 g/mol. The number of nitrogens with zero attached hydrogens (tertiary/aromatic N) is 1. The van der Waals surface area contributed by atoms with Crippen molar-refractivity contribution < 1.29 is 9.59 Å². The van der Waals surface area contributed by atoms with Gasteiger partial charge in [0, 0.05) is 36.8 Å². The van der Waals surface area contributed by atoms with Gasteiger partial charge in [0.15, 0.2) is 5.78 Å². The van der Waals surface area contributed by atoms with Crippen molar-refractivity contribution in [2.75, 3.05) is 13.1 Å². The molecule has 0 radical (unpaired) electrons. The highest BCUT2D eigenvalue weighted by molar-refractivity contribution is 6.09. The summed E-state index contributed by atoms with van der Waals surface area (Å²) >= 11 is 0. The topological polar surface area (TPSA) is 49.4 Å². The van der Waals surface area contributed by atoms with Crippen LogP contribution in [-0.4, -0.2) is 35.7 Å². The second-order valence-corrected chi connectivity index (χ2v) is 9.84. The van der Waals surface area contributed by atoms with Crippen LogP contribution in [0.4, 0.5) is 0 Å². The molecule has 1 aliphatic carbocycles. The zero-order valence-corrected chi connectivity index (χ0v) is 19.7. The molecule has 0 spiro atoms. The molecule has 174 valence electrons. The van der Waals surface area contributed by atoms with E-state index in [-0.39, 0.29) is 23.7 Å². The summed E-state index contributed by atoms with van der Waals surface area (Å²) in [5, 5.41) is 3.36. The first-order chi connectivity index (χ1) is 16.6. The first-order valence-corrected chi connectivity index (χ1v) is 12.3. The highest BCUT2D eigenvalue weighted by Crippen LogP contribution is 2.39. The quantitative estimate of drug-likeness (QED) is 0.511. The fourth-order valence-corrected chi connectivity index (χ4v) is 5.67. The Morgan fingerprint density at radius 3 is 2.35 bits per heavy atom. The Morgan fingerprint density at radius 2 is 1.59 bits per heavy atom. The molecule has 1 N–H and O–H groups in total. The molecule has 1 amide bonds. The average molecular weight is 453 g/mol. The van der Waals surface area contributed by atoms with Crippen LogP contribution in [0.1, 0.15) is 52.7 Å².